The third kappa shape index (κ3) is 1.09. The number of likely N-dealkylation sites (tertiary alicyclic amines) is 1. The number of rotatable bonds is 1. The van der Waals surface area contributed by atoms with Crippen molar-refractivity contribution in [2.45, 2.75) is 13.3 Å². The molecule has 0 aliphatic carbocycles. The van der Waals surface area contributed by atoms with Crippen LogP contribution in [0.3, 0.4) is 0 Å². The average Bonchev–Trinajstić information content (AvgIpc) is 1.79. The molecule has 0 unspecified atom stereocenters. The molecule has 1 fully saturated rings. The van der Waals surface area contributed by atoms with Crippen LogP contribution < -0.4 is 0 Å². The molecular weight excluding hydrogens is 118 g/mol. The normalized spacial score (nSPS) is 17.4. The summed E-state index contributed by atoms with van der Waals surface area (Å²) in [4.78, 5) is 22.6. The Morgan fingerprint density at radius 2 is 2.22 bits per heavy atom. The molecule has 1 aliphatic rings. The smallest absolute Gasteiger partial charge is 0.223 e. The van der Waals surface area contributed by atoms with Crippen LogP contribution in [0.4, 0.5) is 0 Å². The molecule has 0 aromatic heterocycles. The molecule has 0 saturated carbocycles. The molecule has 3 heteroatoms. The topological polar surface area (TPSA) is 37.4 Å². The summed E-state index contributed by atoms with van der Waals surface area (Å²) < 4.78 is 0. The lowest BCUT2D eigenvalue weighted by Crippen LogP contribution is -2.50. The Kier molecular flexibility index (Phi) is 1.51. The van der Waals surface area contributed by atoms with Gasteiger partial charge in [0.15, 0.2) is 5.78 Å². The molecule has 1 aliphatic heterocycles. The van der Waals surface area contributed by atoms with Gasteiger partial charge in [-0.05, 0) is 0 Å². The maximum atomic E-state index is 10.7. The quantitative estimate of drug-likeness (QED) is 0.489. The lowest BCUT2D eigenvalue weighted by molar-refractivity contribution is -0.144. The van der Waals surface area contributed by atoms with Gasteiger partial charge in [-0.3, -0.25) is 9.59 Å². The van der Waals surface area contributed by atoms with Crippen LogP contribution in [-0.2, 0) is 9.59 Å². The fourth-order valence-electron chi connectivity index (χ4n) is 0.779. The van der Waals surface area contributed by atoms with Crippen LogP contribution in [0.5, 0.6) is 0 Å². The summed E-state index contributed by atoms with van der Waals surface area (Å²) in [5.74, 6) is 0.242. The summed E-state index contributed by atoms with van der Waals surface area (Å²) in [5, 5.41) is 0. The van der Waals surface area contributed by atoms with E-state index in [1.54, 1.807) is 11.8 Å². The van der Waals surface area contributed by atoms with Crippen molar-refractivity contribution in [3.63, 3.8) is 0 Å². The van der Waals surface area contributed by atoms with Gasteiger partial charge in [0.25, 0.3) is 0 Å². The molecule has 0 atom stereocenters. The van der Waals surface area contributed by atoms with Crippen molar-refractivity contribution < 1.29 is 9.59 Å². The van der Waals surface area contributed by atoms with Crippen LogP contribution in [-0.4, -0.2) is 29.7 Å². The molecule has 1 heterocycles. The van der Waals surface area contributed by atoms with Crippen LogP contribution in [0.15, 0.2) is 0 Å². The van der Waals surface area contributed by atoms with Crippen LogP contribution in [0.25, 0.3) is 0 Å². The molecule has 0 N–H and O–H groups in total. The summed E-state index contributed by atoms with van der Waals surface area (Å²) >= 11 is 0. The number of nitrogens with zero attached hydrogens (tertiary/aromatic N) is 1. The van der Waals surface area contributed by atoms with E-state index in [9.17, 15) is 9.59 Å². The Bertz CT molecular complexity index is 145. The van der Waals surface area contributed by atoms with Crippen molar-refractivity contribution in [3.8, 4) is 0 Å². The lowest BCUT2D eigenvalue weighted by atomic mass is 10.2. The van der Waals surface area contributed by atoms with Gasteiger partial charge in [-0.15, -0.1) is 0 Å². The van der Waals surface area contributed by atoms with Crippen molar-refractivity contribution in [1.29, 1.82) is 0 Å². The number of hydrogen-bond donors (Lipinski definition) is 0. The maximum Gasteiger partial charge on any atom is 0.223 e. The second-order valence-electron chi connectivity index (χ2n) is 2.14. The minimum Gasteiger partial charge on any atom is -0.328 e. The second kappa shape index (κ2) is 2.17. The Labute approximate surface area is 53.6 Å². The van der Waals surface area contributed by atoms with Gasteiger partial charge in [-0.2, -0.15) is 0 Å². The van der Waals surface area contributed by atoms with E-state index in [1.807, 2.05) is 0 Å². The minimum atomic E-state index is 0.0783. The molecule has 0 aromatic carbocycles. The second-order valence-corrected chi connectivity index (χ2v) is 2.14. The van der Waals surface area contributed by atoms with Gasteiger partial charge < -0.3 is 4.90 Å². The van der Waals surface area contributed by atoms with Gasteiger partial charge in [0, 0.05) is 6.42 Å². The van der Waals surface area contributed by atoms with E-state index in [1.165, 1.54) is 0 Å². The van der Waals surface area contributed by atoms with Gasteiger partial charge in [0.05, 0.1) is 13.1 Å². The van der Waals surface area contributed by atoms with Crippen molar-refractivity contribution in [2.24, 2.45) is 0 Å². The first-order valence-corrected chi connectivity index (χ1v) is 3.03. The number of Topliss-reactive ketones (excluding diaryl/α,β-unsaturated/α-hetero) is 1. The molecular formula is C6H9NO2. The van der Waals surface area contributed by atoms with E-state index in [0.717, 1.165) is 0 Å². The van der Waals surface area contributed by atoms with Gasteiger partial charge in [-0.25, -0.2) is 0 Å². The predicted octanol–water partition coefficient (Wildman–Crippen LogP) is -0.192. The molecule has 1 amide bonds. The molecule has 9 heavy (non-hydrogen) atoms. The summed E-state index contributed by atoms with van der Waals surface area (Å²) in [6.45, 7) is 2.48. The summed E-state index contributed by atoms with van der Waals surface area (Å²) in [6.07, 6.45) is 0.507. The Morgan fingerprint density at radius 3 is 2.56 bits per heavy atom. The fourth-order valence-corrected chi connectivity index (χ4v) is 0.779. The summed E-state index contributed by atoms with van der Waals surface area (Å²) in [5.41, 5.74) is 0. The highest BCUT2D eigenvalue weighted by atomic mass is 16.2. The average molecular weight is 127 g/mol. The Balaban J connectivity index is 2.31. The highest BCUT2D eigenvalue weighted by Gasteiger charge is 2.26. The number of hydrogen-bond acceptors (Lipinski definition) is 2. The summed E-state index contributed by atoms with van der Waals surface area (Å²) in [7, 11) is 0. The zero-order valence-corrected chi connectivity index (χ0v) is 5.39. The molecule has 0 bridgehead atoms. The van der Waals surface area contributed by atoms with Gasteiger partial charge in [0.1, 0.15) is 0 Å². The molecule has 1 rings (SSSR count). The van der Waals surface area contributed by atoms with Crippen LogP contribution in [0.2, 0.25) is 0 Å². The number of ketones is 1. The number of carbonyl (C=O) groups is 2. The van der Waals surface area contributed by atoms with E-state index in [0.29, 0.717) is 19.5 Å². The Morgan fingerprint density at radius 1 is 1.67 bits per heavy atom. The molecule has 0 aromatic rings. The fraction of sp³-hybridized carbons (Fsp3) is 0.667. The third-order valence-corrected chi connectivity index (χ3v) is 1.39. The van der Waals surface area contributed by atoms with Gasteiger partial charge in [0.2, 0.25) is 5.91 Å². The summed E-state index contributed by atoms with van der Waals surface area (Å²) in [6, 6.07) is 0. The minimum absolute atomic E-state index is 0.0783. The van der Waals surface area contributed by atoms with E-state index < -0.39 is 0 Å². The maximum absolute atomic E-state index is 10.7. The molecule has 50 valence electrons. The largest absolute Gasteiger partial charge is 0.328 e. The highest BCUT2D eigenvalue weighted by Crippen LogP contribution is 2.03. The SMILES string of the molecule is CCC(=O)N1CC(=O)C1. The number of amides is 1. The lowest BCUT2D eigenvalue weighted by Gasteiger charge is -2.28. The third-order valence-electron chi connectivity index (χ3n) is 1.39. The Hall–Kier alpha value is -0.860. The van der Waals surface area contributed by atoms with Gasteiger partial charge in [-0.1, -0.05) is 6.92 Å². The standard InChI is InChI=1S/C6H9NO2/c1-2-6(9)7-3-5(8)4-7/h2-4H2,1H3. The zero-order chi connectivity index (χ0) is 6.85. The monoisotopic (exact) mass is 127 g/mol. The number of carbonyl (C=O) groups excluding carboxylic acids is 2. The van der Waals surface area contributed by atoms with Crippen LogP contribution >= 0.6 is 0 Å². The van der Waals surface area contributed by atoms with E-state index >= 15 is 0 Å². The van der Waals surface area contributed by atoms with Crippen LogP contribution in [0.1, 0.15) is 13.3 Å². The van der Waals surface area contributed by atoms with Crippen molar-refractivity contribution >= 4 is 11.7 Å². The first kappa shape index (κ1) is 6.26. The highest BCUT2D eigenvalue weighted by molar-refractivity contribution is 5.96. The molecule has 1 saturated heterocycles. The predicted molar refractivity (Wildman–Crippen MR) is 31.9 cm³/mol. The van der Waals surface area contributed by atoms with E-state index in [4.69, 9.17) is 0 Å². The zero-order valence-electron chi connectivity index (χ0n) is 5.39. The van der Waals surface area contributed by atoms with Crippen molar-refractivity contribution in [2.75, 3.05) is 13.1 Å². The first-order valence-electron chi connectivity index (χ1n) is 3.03. The van der Waals surface area contributed by atoms with Gasteiger partial charge >= 0.3 is 0 Å². The van der Waals surface area contributed by atoms with E-state index in [2.05, 4.69) is 0 Å². The van der Waals surface area contributed by atoms with Crippen LogP contribution in [0, 0.1) is 0 Å². The van der Waals surface area contributed by atoms with Crippen molar-refractivity contribution in [3.05, 3.63) is 0 Å². The molecule has 0 spiro atoms. The molecule has 0 radical (unpaired) electrons. The molecule has 3 nitrogen and oxygen atoms in total. The van der Waals surface area contributed by atoms with E-state index in [-0.39, 0.29) is 11.7 Å². The van der Waals surface area contributed by atoms with Crippen molar-refractivity contribution in [1.82, 2.24) is 4.90 Å². The first-order chi connectivity index (χ1) is 4.24.